The summed E-state index contributed by atoms with van der Waals surface area (Å²) in [6.45, 7) is 0. The summed E-state index contributed by atoms with van der Waals surface area (Å²) in [5.41, 5.74) is 4.62. The van der Waals surface area contributed by atoms with Gasteiger partial charge in [-0.25, -0.2) is 4.98 Å². The Balaban J connectivity index is 1.60. The molecule has 0 spiro atoms. The van der Waals surface area contributed by atoms with Gasteiger partial charge in [0.1, 0.15) is 0 Å². The number of nitrogens with zero attached hydrogens (tertiary/aromatic N) is 2. The topological polar surface area (TPSA) is 51.0 Å². The Kier molecular flexibility index (Phi) is 2.92. The van der Waals surface area contributed by atoms with Gasteiger partial charge >= 0.3 is 0 Å². The molecule has 1 unspecified atom stereocenters. The fourth-order valence-electron chi connectivity index (χ4n) is 2.87. The van der Waals surface area contributed by atoms with E-state index in [1.165, 1.54) is 17.7 Å². The Hall–Kier alpha value is -2.62. The number of rotatable bonds is 3. The van der Waals surface area contributed by atoms with E-state index in [-0.39, 0.29) is 6.04 Å². The summed E-state index contributed by atoms with van der Waals surface area (Å²) >= 11 is 0. The number of pyridine rings is 1. The van der Waals surface area contributed by atoms with E-state index in [0.29, 0.717) is 0 Å². The quantitative estimate of drug-likeness (QED) is 0.790. The van der Waals surface area contributed by atoms with Gasteiger partial charge < -0.3 is 9.73 Å². The second-order valence-electron chi connectivity index (χ2n) is 5.23. The molecule has 4 nitrogen and oxygen atoms in total. The summed E-state index contributed by atoms with van der Waals surface area (Å²) in [5, 5.41) is 3.57. The number of hydrogen-bond donors (Lipinski definition) is 1. The van der Waals surface area contributed by atoms with Crippen molar-refractivity contribution < 1.29 is 4.42 Å². The van der Waals surface area contributed by atoms with Crippen LogP contribution in [0.15, 0.2) is 59.6 Å². The molecule has 0 fully saturated rings. The molecule has 104 valence electrons. The SMILES string of the molecule is c1cc(NC2CCc3cccnc32)cc(-c2cnco2)c1. The van der Waals surface area contributed by atoms with Crippen molar-refractivity contribution in [3.8, 4) is 11.3 Å². The first-order valence-corrected chi connectivity index (χ1v) is 7.09. The molecule has 3 aromatic rings. The van der Waals surface area contributed by atoms with Gasteiger partial charge in [0.05, 0.1) is 17.9 Å². The molecular weight excluding hydrogens is 262 g/mol. The summed E-state index contributed by atoms with van der Waals surface area (Å²) in [4.78, 5) is 8.48. The Morgan fingerprint density at radius 3 is 3.10 bits per heavy atom. The van der Waals surface area contributed by atoms with Gasteiger partial charge in [-0.05, 0) is 36.6 Å². The lowest BCUT2D eigenvalue weighted by Crippen LogP contribution is -2.08. The molecule has 1 atom stereocenters. The molecule has 4 rings (SSSR count). The molecule has 2 heterocycles. The van der Waals surface area contributed by atoms with Crippen molar-refractivity contribution in [1.29, 1.82) is 0 Å². The van der Waals surface area contributed by atoms with Gasteiger partial charge in [-0.15, -0.1) is 0 Å². The van der Waals surface area contributed by atoms with Crippen molar-refractivity contribution in [1.82, 2.24) is 9.97 Å². The molecule has 0 amide bonds. The fraction of sp³-hybridized carbons (Fsp3) is 0.176. The lowest BCUT2D eigenvalue weighted by molar-refractivity contribution is 0.572. The van der Waals surface area contributed by atoms with Crippen LogP contribution in [0.3, 0.4) is 0 Å². The van der Waals surface area contributed by atoms with Crippen LogP contribution in [0.5, 0.6) is 0 Å². The lowest BCUT2D eigenvalue weighted by atomic mass is 10.1. The van der Waals surface area contributed by atoms with Gasteiger partial charge in [-0.3, -0.25) is 4.98 Å². The third kappa shape index (κ3) is 2.29. The van der Waals surface area contributed by atoms with Crippen molar-refractivity contribution in [2.24, 2.45) is 0 Å². The zero-order valence-electron chi connectivity index (χ0n) is 11.5. The number of aromatic nitrogens is 2. The fourth-order valence-corrected chi connectivity index (χ4v) is 2.87. The largest absolute Gasteiger partial charge is 0.444 e. The van der Waals surface area contributed by atoms with Crippen molar-refractivity contribution in [3.63, 3.8) is 0 Å². The molecule has 4 heteroatoms. The first-order valence-electron chi connectivity index (χ1n) is 7.09. The highest BCUT2D eigenvalue weighted by molar-refractivity contribution is 5.63. The first-order chi connectivity index (χ1) is 10.4. The third-order valence-electron chi connectivity index (χ3n) is 3.88. The number of oxazole rings is 1. The lowest BCUT2D eigenvalue weighted by Gasteiger charge is -2.15. The van der Waals surface area contributed by atoms with E-state index in [1.54, 1.807) is 6.20 Å². The highest BCUT2D eigenvalue weighted by Gasteiger charge is 2.23. The van der Waals surface area contributed by atoms with E-state index >= 15 is 0 Å². The van der Waals surface area contributed by atoms with Gasteiger partial charge in [0, 0.05) is 17.4 Å². The highest BCUT2D eigenvalue weighted by atomic mass is 16.3. The average molecular weight is 277 g/mol. The minimum atomic E-state index is 0.283. The molecule has 1 aliphatic carbocycles. The summed E-state index contributed by atoms with van der Waals surface area (Å²) < 4.78 is 5.35. The van der Waals surface area contributed by atoms with Crippen LogP contribution < -0.4 is 5.32 Å². The van der Waals surface area contributed by atoms with Gasteiger partial charge in [0.25, 0.3) is 0 Å². The van der Waals surface area contributed by atoms with Gasteiger partial charge in [-0.1, -0.05) is 18.2 Å². The molecule has 0 radical (unpaired) electrons. The minimum Gasteiger partial charge on any atom is -0.444 e. The van der Waals surface area contributed by atoms with E-state index in [9.17, 15) is 0 Å². The Morgan fingerprint density at radius 2 is 2.19 bits per heavy atom. The van der Waals surface area contributed by atoms with Crippen LogP contribution in [-0.4, -0.2) is 9.97 Å². The smallest absolute Gasteiger partial charge is 0.181 e. The molecule has 1 aliphatic rings. The van der Waals surface area contributed by atoms with Crippen LogP contribution in [0, 0.1) is 0 Å². The normalized spacial score (nSPS) is 16.7. The van der Waals surface area contributed by atoms with Crippen molar-refractivity contribution in [2.45, 2.75) is 18.9 Å². The molecule has 1 N–H and O–H groups in total. The predicted octanol–water partition coefficient (Wildman–Crippen LogP) is 3.84. The Labute approximate surface area is 122 Å². The maximum atomic E-state index is 5.35. The van der Waals surface area contributed by atoms with Crippen molar-refractivity contribution in [2.75, 3.05) is 5.32 Å². The summed E-state index contributed by atoms with van der Waals surface area (Å²) in [6, 6.07) is 12.6. The van der Waals surface area contributed by atoms with E-state index in [1.807, 2.05) is 24.4 Å². The minimum absolute atomic E-state index is 0.283. The van der Waals surface area contributed by atoms with Gasteiger partial charge in [-0.2, -0.15) is 0 Å². The van der Waals surface area contributed by atoms with Crippen LogP contribution in [0.1, 0.15) is 23.7 Å². The van der Waals surface area contributed by atoms with E-state index in [0.717, 1.165) is 29.9 Å². The van der Waals surface area contributed by atoms with E-state index in [4.69, 9.17) is 4.42 Å². The number of aryl methyl sites for hydroxylation is 1. The zero-order chi connectivity index (χ0) is 14.1. The molecule has 2 aromatic heterocycles. The van der Waals surface area contributed by atoms with Crippen molar-refractivity contribution in [3.05, 3.63) is 66.4 Å². The number of anilines is 1. The number of benzene rings is 1. The maximum Gasteiger partial charge on any atom is 0.181 e. The molecular formula is C17H15N3O. The van der Waals surface area contributed by atoms with Gasteiger partial charge in [0.2, 0.25) is 0 Å². The maximum absolute atomic E-state index is 5.35. The predicted molar refractivity (Wildman–Crippen MR) is 80.9 cm³/mol. The molecule has 1 aromatic carbocycles. The molecule has 21 heavy (non-hydrogen) atoms. The van der Waals surface area contributed by atoms with Crippen LogP contribution in [0.4, 0.5) is 5.69 Å². The van der Waals surface area contributed by atoms with Crippen molar-refractivity contribution >= 4 is 5.69 Å². The monoisotopic (exact) mass is 277 g/mol. The molecule has 0 bridgehead atoms. The summed E-state index contributed by atoms with van der Waals surface area (Å²) in [7, 11) is 0. The standard InChI is InChI=1S/C17H15N3O/c1-3-13(16-10-18-11-21-16)9-14(5-1)20-15-7-6-12-4-2-8-19-17(12)15/h1-5,8-11,15,20H,6-7H2. The molecule has 0 aliphatic heterocycles. The Morgan fingerprint density at radius 1 is 1.19 bits per heavy atom. The number of hydrogen-bond acceptors (Lipinski definition) is 4. The first kappa shape index (κ1) is 12.1. The Bertz CT molecular complexity index is 752. The average Bonchev–Trinajstić information content (AvgIpc) is 3.18. The second-order valence-corrected chi connectivity index (χ2v) is 5.23. The van der Waals surface area contributed by atoms with Crippen LogP contribution in [-0.2, 0) is 6.42 Å². The van der Waals surface area contributed by atoms with Crippen LogP contribution in [0.25, 0.3) is 11.3 Å². The number of nitrogens with one attached hydrogen (secondary N) is 1. The molecule has 0 saturated carbocycles. The second kappa shape index (κ2) is 5.05. The third-order valence-corrected chi connectivity index (χ3v) is 3.88. The van der Waals surface area contributed by atoms with E-state index < -0.39 is 0 Å². The number of fused-ring (bicyclic) bond motifs is 1. The van der Waals surface area contributed by atoms with Gasteiger partial charge in [0.15, 0.2) is 12.2 Å². The zero-order valence-corrected chi connectivity index (χ0v) is 11.5. The summed E-state index contributed by atoms with van der Waals surface area (Å²) in [6.07, 6.45) is 7.21. The highest BCUT2D eigenvalue weighted by Crippen LogP contribution is 2.33. The summed E-state index contributed by atoms with van der Waals surface area (Å²) in [5.74, 6) is 0.781. The molecule has 0 saturated heterocycles. The van der Waals surface area contributed by atoms with Crippen LogP contribution >= 0.6 is 0 Å². The van der Waals surface area contributed by atoms with Crippen LogP contribution in [0.2, 0.25) is 0 Å². The van der Waals surface area contributed by atoms with E-state index in [2.05, 4.69) is 33.5 Å².